The van der Waals surface area contributed by atoms with E-state index in [0.717, 1.165) is 11.3 Å². The van der Waals surface area contributed by atoms with Crippen LogP contribution >= 0.6 is 11.8 Å². The molecule has 1 heterocycles. The van der Waals surface area contributed by atoms with Gasteiger partial charge in [0.05, 0.1) is 17.9 Å². The highest BCUT2D eigenvalue weighted by atomic mass is 32.2. The summed E-state index contributed by atoms with van der Waals surface area (Å²) in [6, 6.07) is 7.66. The van der Waals surface area contributed by atoms with Crippen LogP contribution in [0.15, 0.2) is 29.4 Å². The van der Waals surface area contributed by atoms with Gasteiger partial charge in [-0.2, -0.15) is 0 Å². The van der Waals surface area contributed by atoms with E-state index in [-0.39, 0.29) is 11.2 Å². The lowest BCUT2D eigenvalue weighted by Crippen LogP contribution is -2.29. The lowest BCUT2D eigenvalue weighted by atomic mass is 10.2. The molecule has 118 valence electrons. The zero-order valence-corrected chi connectivity index (χ0v) is 14.2. The summed E-state index contributed by atoms with van der Waals surface area (Å²) in [7, 11) is 7.01. The minimum absolute atomic E-state index is 0.0480. The second kappa shape index (κ2) is 6.83. The number of para-hydroxylation sites is 1. The molecule has 1 amide bonds. The van der Waals surface area contributed by atoms with Gasteiger partial charge in [-0.05, 0) is 19.1 Å². The molecule has 2 rings (SSSR count). The number of amides is 1. The van der Waals surface area contributed by atoms with E-state index in [0.29, 0.717) is 11.0 Å². The molecule has 0 unspecified atom stereocenters. The predicted molar refractivity (Wildman–Crippen MR) is 87.0 cm³/mol. The molecule has 0 N–H and O–H groups in total. The van der Waals surface area contributed by atoms with Gasteiger partial charge in [0.15, 0.2) is 11.0 Å². The summed E-state index contributed by atoms with van der Waals surface area (Å²) >= 11 is 1.39. The van der Waals surface area contributed by atoms with E-state index in [1.165, 1.54) is 11.8 Å². The second-order valence-electron chi connectivity index (χ2n) is 5.06. The van der Waals surface area contributed by atoms with Gasteiger partial charge >= 0.3 is 0 Å². The molecule has 6 nitrogen and oxygen atoms in total. The number of ether oxygens (including phenoxy) is 1. The normalized spacial score (nSPS) is 12.0. The first-order chi connectivity index (χ1) is 10.5. The van der Waals surface area contributed by atoms with Crippen molar-refractivity contribution in [3.63, 3.8) is 0 Å². The molecule has 0 saturated heterocycles. The Kier molecular flexibility index (Phi) is 5.07. The Morgan fingerprint density at radius 2 is 2.00 bits per heavy atom. The molecule has 0 aliphatic carbocycles. The van der Waals surface area contributed by atoms with Gasteiger partial charge < -0.3 is 14.2 Å². The molecule has 0 aliphatic heterocycles. The van der Waals surface area contributed by atoms with Crippen LogP contribution < -0.4 is 4.74 Å². The van der Waals surface area contributed by atoms with Gasteiger partial charge in [0, 0.05) is 21.1 Å². The second-order valence-corrected chi connectivity index (χ2v) is 6.37. The van der Waals surface area contributed by atoms with E-state index in [9.17, 15) is 4.79 Å². The Balaban J connectivity index is 2.28. The van der Waals surface area contributed by atoms with Crippen LogP contribution in [0.25, 0.3) is 11.4 Å². The van der Waals surface area contributed by atoms with E-state index in [2.05, 4.69) is 10.2 Å². The summed E-state index contributed by atoms with van der Waals surface area (Å²) in [5.41, 5.74) is 0.874. The number of hydrogen-bond donors (Lipinski definition) is 0. The van der Waals surface area contributed by atoms with Crippen molar-refractivity contribution in [2.24, 2.45) is 7.05 Å². The SMILES string of the molecule is COc1ccccc1-c1nnc(S[C@@H](C)C(=O)N(C)C)n1C. The number of thioether (sulfide) groups is 1. The standard InChI is InChI=1S/C15H20N4O2S/c1-10(14(20)18(2)3)22-15-17-16-13(19(15)4)11-8-6-7-9-12(11)21-5/h6-10H,1-5H3/t10-/m0/s1. The van der Waals surface area contributed by atoms with Gasteiger partial charge in [-0.15, -0.1) is 10.2 Å². The number of aromatic nitrogens is 3. The number of carbonyl (C=O) groups excluding carboxylic acids is 1. The minimum atomic E-state index is -0.219. The van der Waals surface area contributed by atoms with E-state index in [4.69, 9.17) is 4.74 Å². The Hall–Kier alpha value is -2.02. The summed E-state index contributed by atoms with van der Waals surface area (Å²) in [5.74, 6) is 1.50. The first-order valence-electron chi connectivity index (χ1n) is 6.86. The van der Waals surface area contributed by atoms with Crippen molar-refractivity contribution in [1.82, 2.24) is 19.7 Å². The van der Waals surface area contributed by atoms with E-state index in [1.54, 1.807) is 26.1 Å². The molecular weight excluding hydrogens is 300 g/mol. The smallest absolute Gasteiger partial charge is 0.235 e. The predicted octanol–water partition coefficient (Wildman–Crippen LogP) is 2.06. The first kappa shape index (κ1) is 16.4. The molecule has 2 aromatic rings. The monoisotopic (exact) mass is 320 g/mol. The number of methoxy groups -OCH3 is 1. The average Bonchev–Trinajstić information content (AvgIpc) is 2.87. The summed E-state index contributed by atoms with van der Waals surface area (Å²) in [6.07, 6.45) is 0. The van der Waals surface area contributed by atoms with E-state index < -0.39 is 0 Å². The van der Waals surface area contributed by atoms with Gasteiger partial charge in [0.1, 0.15) is 5.75 Å². The van der Waals surface area contributed by atoms with E-state index >= 15 is 0 Å². The highest BCUT2D eigenvalue weighted by Gasteiger charge is 2.21. The maximum atomic E-state index is 12.0. The summed E-state index contributed by atoms with van der Waals surface area (Å²) in [5, 5.41) is 8.92. The van der Waals surface area contributed by atoms with Crippen molar-refractivity contribution in [2.75, 3.05) is 21.2 Å². The van der Waals surface area contributed by atoms with Crippen LogP contribution in [0.5, 0.6) is 5.75 Å². The quantitative estimate of drug-likeness (QED) is 0.789. The molecule has 1 aromatic carbocycles. The van der Waals surface area contributed by atoms with Crippen molar-refractivity contribution in [2.45, 2.75) is 17.3 Å². The fourth-order valence-electron chi connectivity index (χ4n) is 2.05. The van der Waals surface area contributed by atoms with Crippen molar-refractivity contribution in [3.8, 4) is 17.1 Å². The molecule has 0 radical (unpaired) electrons. The lowest BCUT2D eigenvalue weighted by Gasteiger charge is -2.15. The number of hydrogen-bond acceptors (Lipinski definition) is 5. The summed E-state index contributed by atoms with van der Waals surface area (Å²) < 4.78 is 7.24. The number of benzene rings is 1. The topological polar surface area (TPSA) is 60.3 Å². The summed E-state index contributed by atoms with van der Waals surface area (Å²) in [6.45, 7) is 1.87. The Labute approximate surface area is 134 Å². The molecule has 0 aliphatic rings. The molecule has 22 heavy (non-hydrogen) atoms. The molecule has 7 heteroatoms. The van der Waals surface area contributed by atoms with Crippen LogP contribution in [0.2, 0.25) is 0 Å². The minimum Gasteiger partial charge on any atom is -0.496 e. The molecule has 1 aromatic heterocycles. The number of nitrogens with zero attached hydrogens (tertiary/aromatic N) is 4. The zero-order valence-electron chi connectivity index (χ0n) is 13.4. The van der Waals surface area contributed by atoms with Crippen LogP contribution in [-0.2, 0) is 11.8 Å². The van der Waals surface area contributed by atoms with Crippen molar-refractivity contribution >= 4 is 17.7 Å². The van der Waals surface area contributed by atoms with Gasteiger partial charge in [-0.3, -0.25) is 4.79 Å². The van der Waals surface area contributed by atoms with Crippen molar-refractivity contribution < 1.29 is 9.53 Å². The molecule has 1 atom stereocenters. The molecule has 0 fully saturated rings. The fraction of sp³-hybridized carbons (Fsp3) is 0.400. The van der Waals surface area contributed by atoms with Gasteiger partial charge in [0.25, 0.3) is 0 Å². The first-order valence-corrected chi connectivity index (χ1v) is 7.74. The van der Waals surface area contributed by atoms with Crippen LogP contribution in [0.4, 0.5) is 0 Å². The third-order valence-corrected chi connectivity index (χ3v) is 4.38. The van der Waals surface area contributed by atoms with Crippen LogP contribution in [0, 0.1) is 0 Å². The Morgan fingerprint density at radius 1 is 1.32 bits per heavy atom. The maximum absolute atomic E-state index is 12.0. The molecule has 0 bridgehead atoms. The van der Waals surface area contributed by atoms with Crippen LogP contribution in [0.1, 0.15) is 6.92 Å². The van der Waals surface area contributed by atoms with Gasteiger partial charge in [-0.25, -0.2) is 0 Å². The molecule has 0 spiro atoms. The number of carbonyl (C=O) groups is 1. The highest BCUT2D eigenvalue weighted by molar-refractivity contribution is 8.00. The maximum Gasteiger partial charge on any atom is 0.235 e. The van der Waals surface area contributed by atoms with Gasteiger partial charge in [-0.1, -0.05) is 23.9 Å². The van der Waals surface area contributed by atoms with Gasteiger partial charge in [0.2, 0.25) is 5.91 Å². The van der Waals surface area contributed by atoms with Crippen molar-refractivity contribution in [3.05, 3.63) is 24.3 Å². The Bertz CT molecular complexity index is 669. The molecular formula is C15H20N4O2S. The van der Waals surface area contributed by atoms with E-state index in [1.807, 2.05) is 42.8 Å². The Morgan fingerprint density at radius 3 is 2.64 bits per heavy atom. The van der Waals surface area contributed by atoms with Crippen molar-refractivity contribution in [1.29, 1.82) is 0 Å². The fourth-order valence-corrected chi connectivity index (χ4v) is 3.01. The largest absolute Gasteiger partial charge is 0.496 e. The third kappa shape index (κ3) is 3.24. The zero-order chi connectivity index (χ0) is 16.3. The lowest BCUT2D eigenvalue weighted by molar-refractivity contribution is -0.127. The van der Waals surface area contributed by atoms with Crippen LogP contribution in [0.3, 0.4) is 0 Å². The average molecular weight is 320 g/mol. The molecule has 0 saturated carbocycles. The third-order valence-electron chi connectivity index (χ3n) is 3.25. The van der Waals surface area contributed by atoms with Crippen LogP contribution in [-0.4, -0.2) is 52.0 Å². The number of rotatable bonds is 5. The summed E-state index contributed by atoms with van der Waals surface area (Å²) in [4.78, 5) is 13.5. The highest BCUT2D eigenvalue weighted by Crippen LogP contribution is 2.31.